The Morgan fingerprint density at radius 1 is 1.09 bits per heavy atom. The maximum Gasteiger partial charge on any atom is 1.00 e. The van der Waals surface area contributed by atoms with Crippen LogP contribution >= 0.6 is 0 Å². The van der Waals surface area contributed by atoms with Crippen LogP contribution in [0.25, 0.3) is 0 Å². The van der Waals surface area contributed by atoms with Gasteiger partial charge in [0.15, 0.2) is 0 Å². The van der Waals surface area contributed by atoms with E-state index in [1.54, 1.807) is 6.20 Å². The Morgan fingerprint density at radius 2 is 1.78 bits per heavy atom. The molecule has 1 unspecified atom stereocenters. The molecule has 0 saturated carbocycles. The molecule has 0 bridgehead atoms. The molecule has 2 aromatic rings. The average molecular weight is 302 g/mol. The molecule has 1 aromatic heterocycles. The van der Waals surface area contributed by atoms with Gasteiger partial charge in [0.05, 0.1) is 0 Å². The number of rotatable bonds is 5. The number of nitrogens with zero attached hydrogens (tertiary/aromatic N) is 2. The minimum Gasteiger partial charge on any atom is -0.841 e. The van der Waals surface area contributed by atoms with E-state index in [-0.39, 0.29) is 18.9 Å². The predicted molar refractivity (Wildman–Crippen MR) is 86.5 cm³/mol. The van der Waals surface area contributed by atoms with Gasteiger partial charge >= 0.3 is 18.9 Å². The number of pyridine rings is 1. The third-order valence-electron chi connectivity index (χ3n) is 4.58. The van der Waals surface area contributed by atoms with Crippen LogP contribution in [0.5, 0.6) is 0 Å². The van der Waals surface area contributed by atoms with Gasteiger partial charge in [-0.3, -0.25) is 4.98 Å². The quantitative estimate of drug-likeness (QED) is 0.698. The van der Waals surface area contributed by atoms with Crippen LogP contribution in [0, 0.1) is 6.92 Å². The molecular weight excluding hydrogens is 279 g/mol. The summed E-state index contributed by atoms with van der Waals surface area (Å²) in [6.07, 6.45) is 4.78. The first-order valence-electron chi connectivity index (χ1n) is 8.10. The van der Waals surface area contributed by atoms with E-state index in [0.29, 0.717) is 12.1 Å². The van der Waals surface area contributed by atoms with E-state index < -0.39 is 5.60 Å². The minimum atomic E-state index is -1.27. The molecule has 0 radical (unpaired) electrons. The second kappa shape index (κ2) is 8.12. The smallest absolute Gasteiger partial charge is 0.841 e. The van der Waals surface area contributed by atoms with E-state index in [1.165, 1.54) is 18.4 Å². The third kappa shape index (κ3) is 4.25. The number of aromatic nitrogens is 1. The zero-order valence-electron chi connectivity index (χ0n) is 14.2. The van der Waals surface area contributed by atoms with Crippen LogP contribution in [0.1, 0.15) is 36.1 Å². The second-order valence-corrected chi connectivity index (χ2v) is 6.21. The van der Waals surface area contributed by atoms with E-state index >= 15 is 0 Å². The van der Waals surface area contributed by atoms with Crippen LogP contribution in [0.15, 0.2) is 48.7 Å². The molecule has 1 atom stereocenters. The number of likely N-dealkylation sites (tertiary alicyclic amines) is 1. The summed E-state index contributed by atoms with van der Waals surface area (Å²) in [5, 5.41) is 13.7. The van der Waals surface area contributed by atoms with Crippen molar-refractivity contribution in [3.63, 3.8) is 0 Å². The van der Waals surface area contributed by atoms with E-state index in [0.717, 1.165) is 25.2 Å². The number of hydrogen-bond donors (Lipinski definition) is 0. The Morgan fingerprint density at radius 3 is 2.39 bits per heavy atom. The SMILES string of the molecule is Cc1ccc(C([O-])(CCN2CCCC2)c2ccccn2)cc1.[Li+]. The third-order valence-corrected chi connectivity index (χ3v) is 4.58. The van der Waals surface area contributed by atoms with Crippen LogP contribution in [-0.2, 0) is 5.60 Å². The van der Waals surface area contributed by atoms with Gasteiger partial charge in [0, 0.05) is 11.9 Å². The largest absolute Gasteiger partial charge is 1.00 e. The van der Waals surface area contributed by atoms with Gasteiger partial charge in [0.25, 0.3) is 0 Å². The topological polar surface area (TPSA) is 39.2 Å². The second-order valence-electron chi connectivity index (χ2n) is 6.21. The molecule has 23 heavy (non-hydrogen) atoms. The van der Waals surface area contributed by atoms with Crippen molar-refractivity contribution in [1.82, 2.24) is 9.88 Å². The van der Waals surface area contributed by atoms with Gasteiger partial charge in [-0.1, -0.05) is 41.5 Å². The van der Waals surface area contributed by atoms with Gasteiger partial charge < -0.3 is 10.0 Å². The normalized spacial score (nSPS) is 17.5. The molecule has 116 valence electrons. The van der Waals surface area contributed by atoms with Gasteiger partial charge in [-0.15, -0.1) is 0 Å². The summed E-state index contributed by atoms with van der Waals surface area (Å²) < 4.78 is 0. The van der Waals surface area contributed by atoms with Crippen LogP contribution in [0.4, 0.5) is 0 Å². The molecule has 1 fully saturated rings. The number of benzene rings is 1. The Bertz CT molecular complexity index is 597. The van der Waals surface area contributed by atoms with Crippen molar-refractivity contribution < 1.29 is 24.0 Å². The fraction of sp³-hybridized carbons (Fsp3) is 0.421. The summed E-state index contributed by atoms with van der Waals surface area (Å²) in [5.41, 5.74) is 1.35. The van der Waals surface area contributed by atoms with Crippen LogP contribution in [-0.4, -0.2) is 29.5 Å². The van der Waals surface area contributed by atoms with Crippen molar-refractivity contribution in [1.29, 1.82) is 0 Å². The number of aryl methyl sites for hydroxylation is 1. The van der Waals surface area contributed by atoms with Crippen LogP contribution < -0.4 is 24.0 Å². The summed E-state index contributed by atoms with van der Waals surface area (Å²) in [5.74, 6) is 0. The van der Waals surface area contributed by atoms with E-state index in [1.807, 2.05) is 49.4 Å². The van der Waals surface area contributed by atoms with Gasteiger partial charge in [0.2, 0.25) is 0 Å². The zero-order chi connectivity index (χ0) is 15.4. The summed E-state index contributed by atoms with van der Waals surface area (Å²) >= 11 is 0. The molecule has 1 aliphatic heterocycles. The van der Waals surface area contributed by atoms with Gasteiger partial charge in [-0.25, -0.2) is 0 Å². The average Bonchev–Trinajstić information content (AvgIpc) is 3.08. The molecule has 0 spiro atoms. The van der Waals surface area contributed by atoms with E-state index in [2.05, 4.69) is 9.88 Å². The van der Waals surface area contributed by atoms with Gasteiger partial charge in [-0.05, 0) is 63.6 Å². The molecule has 1 saturated heterocycles. The molecule has 2 heterocycles. The molecule has 3 rings (SSSR count). The predicted octanol–water partition coefficient (Wildman–Crippen LogP) is -0.516. The van der Waals surface area contributed by atoms with Crippen molar-refractivity contribution in [3.8, 4) is 0 Å². The van der Waals surface area contributed by atoms with Gasteiger partial charge in [0.1, 0.15) is 0 Å². The van der Waals surface area contributed by atoms with E-state index in [4.69, 9.17) is 0 Å². The van der Waals surface area contributed by atoms with Crippen molar-refractivity contribution in [2.45, 2.75) is 31.8 Å². The summed E-state index contributed by atoms with van der Waals surface area (Å²) in [6, 6.07) is 13.6. The summed E-state index contributed by atoms with van der Waals surface area (Å²) in [4.78, 5) is 6.76. The van der Waals surface area contributed by atoms with Crippen LogP contribution in [0.2, 0.25) is 0 Å². The Kier molecular flexibility index (Phi) is 6.44. The fourth-order valence-electron chi connectivity index (χ4n) is 3.17. The first-order valence-corrected chi connectivity index (χ1v) is 8.10. The molecule has 3 nitrogen and oxygen atoms in total. The first kappa shape index (κ1) is 18.2. The van der Waals surface area contributed by atoms with Crippen molar-refractivity contribution >= 4 is 0 Å². The molecule has 4 heteroatoms. The standard InChI is InChI=1S/C19H23N2O.Li/c1-16-7-9-17(10-8-16)19(22,18-6-2-3-12-20-18)11-15-21-13-4-5-14-21;/h2-3,6-10,12H,4-5,11,13-15H2,1H3;/q-1;+1. The van der Waals surface area contributed by atoms with Crippen molar-refractivity contribution in [2.75, 3.05) is 19.6 Å². The van der Waals surface area contributed by atoms with Crippen molar-refractivity contribution in [2.24, 2.45) is 0 Å². The molecular formula is C19H23LiN2O. The summed E-state index contributed by atoms with van der Waals surface area (Å²) in [6.45, 7) is 5.12. The van der Waals surface area contributed by atoms with Crippen LogP contribution in [0.3, 0.4) is 0 Å². The molecule has 0 amide bonds. The molecule has 1 aromatic carbocycles. The molecule has 1 aliphatic rings. The number of hydrogen-bond acceptors (Lipinski definition) is 3. The van der Waals surface area contributed by atoms with E-state index in [9.17, 15) is 5.11 Å². The van der Waals surface area contributed by atoms with Crippen molar-refractivity contribution in [3.05, 3.63) is 65.5 Å². The minimum absolute atomic E-state index is 0. The Labute approximate surface area is 150 Å². The Balaban J connectivity index is 0.00000192. The maximum atomic E-state index is 13.7. The molecule has 0 N–H and O–H groups in total. The fourth-order valence-corrected chi connectivity index (χ4v) is 3.17. The maximum absolute atomic E-state index is 13.7. The Hall–Kier alpha value is -1.11. The monoisotopic (exact) mass is 302 g/mol. The van der Waals surface area contributed by atoms with Gasteiger partial charge in [-0.2, -0.15) is 0 Å². The molecule has 0 aliphatic carbocycles. The zero-order valence-corrected chi connectivity index (χ0v) is 14.2. The summed E-state index contributed by atoms with van der Waals surface area (Å²) in [7, 11) is 0. The first-order chi connectivity index (χ1) is 10.7.